The van der Waals surface area contributed by atoms with Gasteiger partial charge in [0, 0.05) is 6.54 Å². The Morgan fingerprint density at radius 3 is 2.85 bits per heavy atom. The smallest absolute Gasteiger partial charge is 0.416 e. The van der Waals surface area contributed by atoms with Crippen LogP contribution in [0.15, 0.2) is 24.3 Å². The van der Waals surface area contributed by atoms with Crippen LogP contribution in [0, 0.1) is 6.92 Å². The Hall–Kier alpha value is -2.62. The van der Waals surface area contributed by atoms with Crippen molar-refractivity contribution in [1.29, 1.82) is 0 Å². The minimum atomic E-state index is -4.42. The molecule has 27 heavy (non-hydrogen) atoms. The molecule has 0 saturated heterocycles. The first kappa shape index (κ1) is 19.2. The summed E-state index contributed by atoms with van der Waals surface area (Å²) >= 11 is 0. The lowest BCUT2D eigenvalue weighted by atomic mass is 10.1. The summed E-state index contributed by atoms with van der Waals surface area (Å²) in [4.78, 5) is 13.3. The molecule has 0 amide bonds. The Morgan fingerprint density at radius 2 is 2.15 bits per heavy atom. The van der Waals surface area contributed by atoms with E-state index in [-0.39, 0.29) is 18.9 Å². The van der Waals surface area contributed by atoms with Gasteiger partial charge < -0.3 is 14.4 Å². The number of carboxylic acids is 1. The van der Waals surface area contributed by atoms with Gasteiger partial charge in [0.2, 0.25) is 0 Å². The number of aromatic nitrogens is 3. The molecule has 2 aromatic rings. The summed E-state index contributed by atoms with van der Waals surface area (Å²) in [5.41, 5.74) is -0.767. The molecule has 1 aromatic carbocycles. The first-order valence-electron chi connectivity index (χ1n) is 8.41. The molecule has 2 heterocycles. The van der Waals surface area contributed by atoms with Gasteiger partial charge in [-0.1, -0.05) is 6.07 Å². The number of ether oxygens (including phenoxy) is 1. The molecular formula is C17H19F3N4O3. The van der Waals surface area contributed by atoms with Gasteiger partial charge in [0.1, 0.15) is 23.4 Å². The minimum absolute atomic E-state index is 0.133. The van der Waals surface area contributed by atoms with Crippen LogP contribution in [0.25, 0.3) is 0 Å². The topological polar surface area (TPSA) is 80.5 Å². The van der Waals surface area contributed by atoms with Crippen LogP contribution >= 0.6 is 0 Å². The van der Waals surface area contributed by atoms with Crippen LogP contribution in [0.4, 0.5) is 13.2 Å². The highest BCUT2D eigenvalue weighted by atomic mass is 19.4. The van der Waals surface area contributed by atoms with Crippen molar-refractivity contribution in [2.45, 2.75) is 38.7 Å². The highest BCUT2D eigenvalue weighted by molar-refractivity contribution is 5.73. The highest BCUT2D eigenvalue weighted by Gasteiger charge is 2.33. The molecule has 1 aromatic heterocycles. The second-order valence-electron chi connectivity index (χ2n) is 6.33. The number of carbonyl (C=O) groups is 1. The molecule has 0 bridgehead atoms. The van der Waals surface area contributed by atoms with E-state index in [0.717, 1.165) is 12.1 Å². The molecule has 7 nitrogen and oxygen atoms in total. The maximum Gasteiger partial charge on any atom is 0.416 e. The standard InChI is InChI=1S/C17H19F3N4O3/c1-11-21-22-15-10-23(14(16(25)26)9-24(11)15)6-3-7-27-13-5-2-4-12(8-13)17(18,19)20/h2,4-5,8,14H,3,6-7,9-10H2,1H3,(H,25,26). The minimum Gasteiger partial charge on any atom is -0.494 e. The summed E-state index contributed by atoms with van der Waals surface area (Å²) in [5, 5.41) is 17.5. The number of aliphatic carboxylic acids is 1. The maximum absolute atomic E-state index is 12.7. The fraction of sp³-hybridized carbons (Fsp3) is 0.471. The number of aryl methyl sites for hydroxylation is 1. The quantitative estimate of drug-likeness (QED) is 0.770. The summed E-state index contributed by atoms with van der Waals surface area (Å²) in [6.07, 6.45) is -3.96. The first-order valence-corrected chi connectivity index (χ1v) is 8.41. The lowest BCUT2D eigenvalue weighted by molar-refractivity contribution is -0.145. The predicted molar refractivity (Wildman–Crippen MR) is 88.1 cm³/mol. The molecule has 3 rings (SSSR count). The predicted octanol–water partition coefficient (Wildman–Crippen LogP) is 2.34. The number of fused-ring (bicyclic) bond motifs is 1. The Kier molecular flexibility index (Phi) is 5.36. The van der Waals surface area contributed by atoms with Crippen LogP contribution in [-0.2, 0) is 24.1 Å². The van der Waals surface area contributed by atoms with Gasteiger partial charge in [-0.25, -0.2) is 0 Å². The van der Waals surface area contributed by atoms with E-state index in [1.807, 2.05) is 0 Å². The van der Waals surface area contributed by atoms with E-state index in [9.17, 15) is 23.1 Å². The van der Waals surface area contributed by atoms with Gasteiger partial charge >= 0.3 is 12.1 Å². The van der Waals surface area contributed by atoms with Crippen LogP contribution in [0.5, 0.6) is 5.75 Å². The fourth-order valence-corrected chi connectivity index (χ4v) is 3.05. The number of carboxylic acid groups (broad SMARTS) is 1. The van der Waals surface area contributed by atoms with Crippen LogP contribution in [0.1, 0.15) is 23.6 Å². The van der Waals surface area contributed by atoms with Crippen molar-refractivity contribution in [1.82, 2.24) is 19.7 Å². The summed E-state index contributed by atoms with van der Waals surface area (Å²) in [7, 11) is 0. The molecule has 146 valence electrons. The van der Waals surface area contributed by atoms with Crippen molar-refractivity contribution >= 4 is 5.97 Å². The van der Waals surface area contributed by atoms with E-state index in [0.29, 0.717) is 31.2 Å². The Bertz CT molecular complexity index is 822. The zero-order valence-electron chi connectivity index (χ0n) is 14.6. The number of alkyl halides is 3. The monoisotopic (exact) mass is 384 g/mol. The summed E-state index contributed by atoms with van der Waals surface area (Å²) in [6, 6.07) is 3.98. The molecule has 10 heteroatoms. The third-order valence-electron chi connectivity index (χ3n) is 4.46. The van der Waals surface area contributed by atoms with Crippen molar-refractivity contribution in [2.24, 2.45) is 0 Å². The number of hydrogen-bond donors (Lipinski definition) is 1. The van der Waals surface area contributed by atoms with Crippen molar-refractivity contribution < 1.29 is 27.8 Å². The summed E-state index contributed by atoms with van der Waals surface area (Å²) in [6.45, 7) is 2.98. The summed E-state index contributed by atoms with van der Waals surface area (Å²) in [5.74, 6) is 0.564. The van der Waals surface area contributed by atoms with Gasteiger partial charge in [0.15, 0.2) is 0 Å². The molecule has 1 atom stereocenters. The van der Waals surface area contributed by atoms with Gasteiger partial charge in [-0.2, -0.15) is 13.2 Å². The van der Waals surface area contributed by atoms with Crippen molar-refractivity contribution in [2.75, 3.05) is 13.2 Å². The molecule has 0 saturated carbocycles. The van der Waals surface area contributed by atoms with Gasteiger partial charge in [0.25, 0.3) is 0 Å². The van der Waals surface area contributed by atoms with E-state index >= 15 is 0 Å². The molecule has 1 aliphatic rings. The largest absolute Gasteiger partial charge is 0.494 e. The zero-order valence-corrected chi connectivity index (χ0v) is 14.6. The molecule has 1 N–H and O–H groups in total. The maximum atomic E-state index is 12.7. The molecular weight excluding hydrogens is 365 g/mol. The number of hydrogen-bond acceptors (Lipinski definition) is 5. The van der Waals surface area contributed by atoms with E-state index in [4.69, 9.17) is 4.74 Å². The third kappa shape index (κ3) is 4.38. The highest BCUT2D eigenvalue weighted by Crippen LogP contribution is 2.31. The Labute approximate surface area is 153 Å². The lowest BCUT2D eigenvalue weighted by Crippen LogP contribution is -2.48. The average molecular weight is 384 g/mol. The average Bonchev–Trinajstić information content (AvgIpc) is 2.97. The second kappa shape index (κ2) is 7.55. The van der Waals surface area contributed by atoms with Gasteiger partial charge in [-0.15, -0.1) is 10.2 Å². The second-order valence-corrected chi connectivity index (χ2v) is 6.33. The third-order valence-corrected chi connectivity index (χ3v) is 4.46. The van der Waals surface area contributed by atoms with E-state index in [1.54, 1.807) is 16.4 Å². The molecule has 0 radical (unpaired) electrons. The van der Waals surface area contributed by atoms with Crippen LogP contribution in [0.2, 0.25) is 0 Å². The van der Waals surface area contributed by atoms with E-state index in [2.05, 4.69) is 10.2 Å². The number of nitrogens with zero attached hydrogens (tertiary/aromatic N) is 4. The number of halogens is 3. The number of rotatable bonds is 6. The van der Waals surface area contributed by atoms with E-state index in [1.165, 1.54) is 12.1 Å². The fourth-order valence-electron chi connectivity index (χ4n) is 3.05. The van der Waals surface area contributed by atoms with Crippen LogP contribution in [-0.4, -0.2) is 49.9 Å². The van der Waals surface area contributed by atoms with Gasteiger partial charge in [-0.05, 0) is 31.5 Å². The molecule has 0 fully saturated rings. The number of benzene rings is 1. The van der Waals surface area contributed by atoms with Crippen LogP contribution < -0.4 is 4.74 Å². The normalized spacial score (nSPS) is 17.6. The zero-order chi connectivity index (χ0) is 19.6. The summed E-state index contributed by atoms with van der Waals surface area (Å²) < 4.78 is 45.3. The Balaban J connectivity index is 1.56. The van der Waals surface area contributed by atoms with Crippen molar-refractivity contribution in [3.05, 3.63) is 41.5 Å². The first-order chi connectivity index (χ1) is 12.8. The Morgan fingerprint density at radius 1 is 1.37 bits per heavy atom. The van der Waals surface area contributed by atoms with Gasteiger partial charge in [-0.3, -0.25) is 9.69 Å². The molecule has 1 aliphatic heterocycles. The van der Waals surface area contributed by atoms with Crippen molar-refractivity contribution in [3.63, 3.8) is 0 Å². The SMILES string of the molecule is Cc1nnc2n1CC(C(=O)O)N(CCCOc1cccc(C(F)(F)F)c1)C2. The molecule has 0 aliphatic carbocycles. The van der Waals surface area contributed by atoms with E-state index < -0.39 is 23.8 Å². The van der Waals surface area contributed by atoms with Crippen molar-refractivity contribution in [3.8, 4) is 5.75 Å². The van der Waals surface area contributed by atoms with Gasteiger partial charge in [0.05, 0.1) is 25.3 Å². The molecule has 0 spiro atoms. The molecule has 1 unspecified atom stereocenters. The lowest BCUT2D eigenvalue weighted by Gasteiger charge is -2.33. The van der Waals surface area contributed by atoms with Crippen LogP contribution in [0.3, 0.4) is 0 Å².